The lowest BCUT2D eigenvalue weighted by atomic mass is 10.0. The zero-order chi connectivity index (χ0) is 18.7. The number of hydrogen-bond donors (Lipinski definition) is 0. The first-order valence-electron chi connectivity index (χ1n) is 8.30. The molecule has 0 aliphatic rings. The Hall–Kier alpha value is -2.79. The molecule has 26 heavy (non-hydrogen) atoms. The normalized spacial score (nSPS) is 12.4. The third-order valence-electron chi connectivity index (χ3n) is 4.13. The monoisotopic (exact) mass is 365 g/mol. The maximum Gasteiger partial charge on any atom is 0.331 e. The second-order valence-corrected chi connectivity index (χ2v) is 7.16. The van der Waals surface area contributed by atoms with Crippen molar-refractivity contribution < 1.29 is 14.3 Å². The lowest BCUT2D eigenvalue weighted by Crippen LogP contribution is -2.23. The SMILES string of the molecule is Cc1ccc(C(=O)[C@H](C)OC(=O)/C=C/c2nc3ccccc3s2)cc1C. The van der Waals surface area contributed by atoms with Crippen LogP contribution in [0.2, 0.25) is 0 Å². The van der Waals surface area contributed by atoms with Crippen molar-refractivity contribution in [1.82, 2.24) is 4.98 Å². The van der Waals surface area contributed by atoms with Crippen molar-refractivity contribution in [2.75, 3.05) is 0 Å². The molecular formula is C21H19NO3S. The number of carbonyl (C=O) groups is 2. The van der Waals surface area contributed by atoms with Gasteiger partial charge in [-0.1, -0.05) is 24.3 Å². The second-order valence-electron chi connectivity index (χ2n) is 6.10. The molecule has 0 unspecified atom stereocenters. The summed E-state index contributed by atoms with van der Waals surface area (Å²) in [5, 5.41) is 0.719. The van der Waals surface area contributed by atoms with Crippen LogP contribution in [0.4, 0.5) is 0 Å². The van der Waals surface area contributed by atoms with Crippen LogP contribution in [0.25, 0.3) is 16.3 Å². The van der Waals surface area contributed by atoms with Gasteiger partial charge in [0, 0.05) is 11.6 Å². The number of aryl methyl sites for hydroxylation is 2. The minimum atomic E-state index is -0.843. The number of para-hydroxylation sites is 1. The molecule has 4 nitrogen and oxygen atoms in total. The molecule has 5 heteroatoms. The third-order valence-corrected chi connectivity index (χ3v) is 5.13. The fourth-order valence-corrected chi connectivity index (χ4v) is 3.37. The van der Waals surface area contributed by atoms with Crippen molar-refractivity contribution in [3.8, 4) is 0 Å². The van der Waals surface area contributed by atoms with E-state index in [0.29, 0.717) is 5.56 Å². The van der Waals surface area contributed by atoms with E-state index in [-0.39, 0.29) is 5.78 Å². The fraction of sp³-hybridized carbons (Fsp3) is 0.190. The quantitative estimate of drug-likeness (QED) is 0.372. The maximum atomic E-state index is 12.4. The molecule has 0 fully saturated rings. The van der Waals surface area contributed by atoms with Crippen molar-refractivity contribution >= 4 is 39.4 Å². The number of ether oxygens (including phenoxy) is 1. The van der Waals surface area contributed by atoms with Crippen LogP contribution in [0, 0.1) is 13.8 Å². The molecule has 0 aliphatic heterocycles. The maximum absolute atomic E-state index is 12.4. The van der Waals surface area contributed by atoms with Crippen molar-refractivity contribution in [2.45, 2.75) is 26.9 Å². The number of benzene rings is 2. The average Bonchev–Trinajstić information content (AvgIpc) is 3.04. The highest BCUT2D eigenvalue weighted by Gasteiger charge is 2.19. The van der Waals surface area contributed by atoms with Crippen LogP contribution in [0.15, 0.2) is 48.5 Å². The van der Waals surface area contributed by atoms with Crippen molar-refractivity contribution in [3.05, 3.63) is 70.2 Å². The van der Waals surface area contributed by atoms with E-state index in [2.05, 4.69) is 4.98 Å². The van der Waals surface area contributed by atoms with Crippen molar-refractivity contribution in [1.29, 1.82) is 0 Å². The molecule has 1 atom stereocenters. The number of nitrogens with zero attached hydrogens (tertiary/aromatic N) is 1. The van der Waals surface area contributed by atoms with E-state index in [1.54, 1.807) is 19.1 Å². The summed E-state index contributed by atoms with van der Waals surface area (Å²) in [7, 11) is 0. The Morgan fingerprint density at radius 2 is 1.88 bits per heavy atom. The number of thiazole rings is 1. The molecule has 0 amide bonds. The Morgan fingerprint density at radius 1 is 1.12 bits per heavy atom. The molecule has 0 saturated carbocycles. The van der Waals surface area contributed by atoms with Gasteiger partial charge in [0.25, 0.3) is 0 Å². The summed E-state index contributed by atoms with van der Waals surface area (Å²) in [4.78, 5) is 28.9. The zero-order valence-electron chi connectivity index (χ0n) is 14.9. The molecular weight excluding hydrogens is 346 g/mol. The lowest BCUT2D eigenvalue weighted by molar-refractivity contribution is -0.140. The molecule has 3 rings (SSSR count). The summed E-state index contributed by atoms with van der Waals surface area (Å²) >= 11 is 1.49. The molecule has 0 bridgehead atoms. The number of hydrogen-bond acceptors (Lipinski definition) is 5. The number of fused-ring (bicyclic) bond motifs is 1. The molecule has 132 valence electrons. The number of rotatable bonds is 5. The van der Waals surface area contributed by atoms with Gasteiger partial charge < -0.3 is 4.74 Å². The summed E-state index contributed by atoms with van der Waals surface area (Å²) < 4.78 is 6.29. The van der Waals surface area contributed by atoms with Gasteiger partial charge in [-0.2, -0.15) is 0 Å². The molecule has 1 heterocycles. The van der Waals surface area contributed by atoms with Crippen LogP contribution in [0.1, 0.15) is 33.4 Å². The molecule has 0 saturated heterocycles. The van der Waals surface area contributed by atoms with E-state index in [0.717, 1.165) is 26.4 Å². The van der Waals surface area contributed by atoms with Gasteiger partial charge >= 0.3 is 5.97 Å². The van der Waals surface area contributed by atoms with Crippen LogP contribution < -0.4 is 0 Å². The van der Waals surface area contributed by atoms with Gasteiger partial charge in [0.15, 0.2) is 6.10 Å². The Morgan fingerprint density at radius 3 is 2.62 bits per heavy atom. The number of carbonyl (C=O) groups excluding carboxylic acids is 2. The van der Waals surface area contributed by atoms with Gasteiger partial charge in [-0.05, 0) is 56.2 Å². The van der Waals surface area contributed by atoms with Crippen molar-refractivity contribution in [2.24, 2.45) is 0 Å². The van der Waals surface area contributed by atoms with E-state index in [1.807, 2.05) is 50.2 Å². The predicted molar refractivity (Wildman–Crippen MR) is 104 cm³/mol. The third kappa shape index (κ3) is 4.06. The standard InChI is InChI=1S/C21H19NO3S/c1-13-8-9-16(12-14(13)2)21(24)15(3)25-20(23)11-10-19-22-17-6-4-5-7-18(17)26-19/h4-12,15H,1-3H3/b11-10+/t15-/m0/s1. The molecule has 1 aromatic heterocycles. The minimum absolute atomic E-state index is 0.213. The summed E-state index contributed by atoms with van der Waals surface area (Å²) in [6, 6.07) is 13.2. The van der Waals surface area contributed by atoms with Crippen LogP contribution in [0.5, 0.6) is 0 Å². The first kappa shape index (κ1) is 18.0. The van der Waals surface area contributed by atoms with Gasteiger partial charge in [0.2, 0.25) is 5.78 Å². The van der Waals surface area contributed by atoms with E-state index < -0.39 is 12.1 Å². The molecule has 0 aliphatic carbocycles. The highest BCUT2D eigenvalue weighted by atomic mass is 32.1. The van der Waals surface area contributed by atoms with Crippen LogP contribution in [-0.2, 0) is 9.53 Å². The molecule has 3 aromatic rings. The first-order chi connectivity index (χ1) is 12.4. The number of aromatic nitrogens is 1. The summed E-state index contributed by atoms with van der Waals surface area (Å²) in [6.45, 7) is 5.52. The average molecular weight is 365 g/mol. The smallest absolute Gasteiger partial charge is 0.331 e. The van der Waals surface area contributed by atoms with Gasteiger partial charge in [-0.25, -0.2) is 9.78 Å². The highest BCUT2D eigenvalue weighted by molar-refractivity contribution is 7.19. The van der Waals surface area contributed by atoms with Crippen LogP contribution in [0.3, 0.4) is 0 Å². The van der Waals surface area contributed by atoms with Crippen LogP contribution in [-0.4, -0.2) is 22.8 Å². The van der Waals surface area contributed by atoms with E-state index in [1.165, 1.54) is 17.4 Å². The number of ketones is 1. The van der Waals surface area contributed by atoms with Gasteiger partial charge in [0.1, 0.15) is 5.01 Å². The molecule has 0 radical (unpaired) electrons. The number of esters is 1. The Labute approximate surface area is 156 Å². The Bertz CT molecular complexity index is 970. The topological polar surface area (TPSA) is 56.3 Å². The van der Waals surface area contributed by atoms with Crippen LogP contribution >= 0.6 is 11.3 Å². The van der Waals surface area contributed by atoms with E-state index in [4.69, 9.17) is 4.74 Å². The predicted octanol–water partition coefficient (Wildman–Crippen LogP) is 4.74. The summed E-state index contributed by atoms with van der Waals surface area (Å²) in [6.07, 6.45) is 2.08. The summed E-state index contributed by atoms with van der Waals surface area (Å²) in [5.74, 6) is -0.774. The Kier molecular flexibility index (Phi) is 5.28. The lowest BCUT2D eigenvalue weighted by Gasteiger charge is -2.11. The molecule has 0 N–H and O–H groups in total. The fourth-order valence-electron chi connectivity index (χ4n) is 2.50. The molecule has 0 spiro atoms. The Balaban J connectivity index is 1.64. The minimum Gasteiger partial charge on any atom is -0.451 e. The molecule has 2 aromatic carbocycles. The van der Waals surface area contributed by atoms with E-state index in [9.17, 15) is 9.59 Å². The first-order valence-corrected chi connectivity index (χ1v) is 9.11. The van der Waals surface area contributed by atoms with E-state index >= 15 is 0 Å². The second kappa shape index (κ2) is 7.62. The number of Topliss-reactive ketones (excluding diaryl/α,β-unsaturated/α-hetero) is 1. The zero-order valence-corrected chi connectivity index (χ0v) is 15.7. The van der Waals surface area contributed by atoms with Gasteiger partial charge in [0.05, 0.1) is 10.2 Å². The summed E-state index contributed by atoms with van der Waals surface area (Å²) in [5.41, 5.74) is 3.59. The largest absolute Gasteiger partial charge is 0.451 e. The van der Waals surface area contributed by atoms with Gasteiger partial charge in [-0.15, -0.1) is 11.3 Å². The van der Waals surface area contributed by atoms with Crippen molar-refractivity contribution in [3.63, 3.8) is 0 Å². The highest BCUT2D eigenvalue weighted by Crippen LogP contribution is 2.22. The van der Waals surface area contributed by atoms with Gasteiger partial charge in [-0.3, -0.25) is 4.79 Å².